The van der Waals surface area contributed by atoms with Crippen molar-refractivity contribution in [3.8, 4) is 0 Å². The van der Waals surface area contributed by atoms with Gasteiger partial charge >= 0.3 is 0 Å². The molecule has 1 atom stereocenters. The average Bonchev–Trinajstić information content (AvgIpc) is 3.05. The predicted molar refractivity (Wildman–Crippen MR) is 92.3 cm³/mol. The predicted octanol–water partition coefficient (Wildman–Crippen LogP) is 2.10. The Morgan fingerprint density at radius 2 is 2.12 bits per heavy atom. The Morgan fingerprint density at radius 1 is 1.24 bits per heavy atom. The molecule has 0 aliphatic carbocycles. The van der Waals surface area contributed by atoms with Crippen LogP contribution in [0.5, 0.6) is 0 Å². The van der Waals surface area contributed by atoms with Crippen molar-refractivity contribution < 1.29 is 9.59 Å². The second-order valence-corrected chi connectivity index (χ2v) is 6.10. The van der Waals surface area contributed by atoms with Gasteiger partial charge in [-0.2, -0.15) is 0 Å². The van der Waals surface area contributed by atoms with E-state index in [1.54, 1.807) is 12.1 Å². The molecule has 3 aromatic rings. The Kier molecular flexibility index (Phi) is 3.68. The summed E-state index contributed by atoms with van der Waals surface area (Å²) in [6.45, 7) is 1.87. The molecule has 2 N–H and O–H groups in total. The van der Waals surface area contributed by atoms with Crippen LogP contribution in [-0.2, 0) is 11.2 Å². The number of pyridine rings is 1. The van der Waals surface area contributed by atoms with Gasteiger partial charge in [0.05, 0.1) is 6.04 Å². The summed E-state index contributed by atoms with van der Waals surface area (Å²) in [6.07, 6.45) is 2.96. The van der Waals surface area contributed by atoms with Crippen molar-refractivity contribution in [3.05, 3.63) is 59.5 Å². The highest BCUT2D eigenvalue weighted by molar-refractivity contribution is 5.98. The first-order valence-electron chi connectivity index (χ1n) is 8.15. The van der Waals surface area contributed by atoms with Crippen LogP contribution in [0.4, 0.5) is 5.69 Å². The smallest absolute Gasteiger partial charge is 0.251 e. The maximum Gasteiger partial charge on any atom is 0.251 e. The zero-order valence-corrected chi connectivity index (χ0v) is 13.7. The van der Waals surface area contributed by atoms with Crippen LogP contribution >= 0.6 is 0 Å². The van der Waals surface area contributed by atoms with Gasteiger partial charge in [0.2, 0.25) is 5.91 Å². The first-order chi connectivity index (χ1) is 12.1. The topological polar surface area (TPSA) is 88.4 Å². The molecule has 1 aliphatic rings. The molecule has 2 amide bonds. The number of hydrogen-bond donors (Lipinski definition) is 2. The number of fused-ring (bicyclic) bond motifs is 2. The molecule has 7 heteroatoms. The van der Waals surface area contributed by atoms with Gasteiger partial charge in [-0.15, -0.1) is 10.2 Å². The molecule has 1 aliphatic heterocycles. The van der Waals surface area contributed by atoms with Crippen molar-refractivity contribution in [1.82, 2.24) is 19.9 Å². The lowest BCUT2D eigenvalue weighted by molar-refractivity contribution is -0.116. The number of carbonyl (C=O) groups is 2. The molecule has 3 heterocycles. The van der Waals surface area contributed by atoms with E-state index in [1.165, 1.54) is 0 Å². The van der Waals surface area contributed by atoms with E-state index in [9.17, 15) is 9.59 Å². The van der Waals surface area contributed by atoms with E-state index in [1.807, 2.05) is 41.8 Å². The molecule has 0 radical (unpaired) electrons. The second kappa shape index (κ2) is 6.01. The van der Waals surface area contributed by atoms with Crippen molar-refractivity contribution in [1.29, 1.82) is 0 Å². The Morgan fingerprint density at radius 3 is 3.00 bits per heavy atom. The summed E-state index contributed by atoms with van der Waals surface area (Å²) in [5.41, 5.74) is 3.07. The summed E-state index contributed by atoms with van der Waals surface area (Å²) in [5, 5.41) is 14.1. The number of aryl methyl sites for hydroxylation is 1. The van der Waals surface area contributed by atoms with Gasteiger partial charge in [0.25, 0.3) is 5.91 Å². The fourth-order valence-corrected chi connectivity index (χ4v) is 3.02. The summed E-state index contributed by atoms with van der Waals surface area (Å²) in [5.74, 6) is 0.506. The van der Waals surface area contributed by atoms with Gasteiger partial charge in [0.1, 0.15) is 0 Å². The van der Waals surface area contributed by atoms with Crippen LogP contribution in [0.2, 0.25) is 0 Å². The molecule has 7 nitrogen and oxygen atoms in total. The van der Waals surface area contributed by atoms with Crippen LogP contribution in [0.25, 0.3) is 5.65 Å². The van der Waals surface area contributed by atoms with E-state index in [0.29, 0.717) is 24.2 Å². The lowest BCUT2D eigenvalue weighted by atomic mass is 10.00. The van der Waals surface area contributed by atoms with Gasteiger partial charge in [-0.25, -0.2) is 0 Å². The molecule has 0 spiro atoms. The molecule has 1 unspecified atom stereocenters. The van der Waals surface area contributed by atoms with E-state index in [2.05, 4.69) is 20.8 Å². The third kappa shape index (κ3) is 2.84. The highest BCUT2D eigenvalue weighted by Gasteiger charge is 2.19. The summed E-state index contributed by atoms with van der Waals surface area (Å²) < 4.78 is 1.85. The zero-order valence-electron chi connectivity index (χ0n) is 13.7. The van der Waals surface area contributed by atoms with Crippen LogP contribution in [0.15, 0.2) is 42.6 Å². The Bertz CT molecular complexity index is 979. The second-order valence-electron chi connectivity index (χ2n) is 6.10. The Labute approximate surface area is 144 Å². The molecular weight excluding hydrogens is 318 g/mol. The largest absolute Gasteiger partial charge is 0.342 e. The van der Waals surface area contributed by atoms with Crippen molar-refractivity contribution in [2.75, 3.05) is 5.32 Å². The van der Waals surface area contributed by atoms with E-state index in [0.717, 1.165) is 16.9 Å². The number of nitrogens with one attached hydrogen (secondary N) is 2. The molecule has 4 rings (SSSR count). The number of hydrogen-bond acceptors (Lipinski definition) is 4. The fourth-order valence-electron chi connectivity index (χ4n) is 3.02. The quantitative estimate of drug-likeness (QED) is 0.767. The minimum Gasteiger partial charge on any atom is -0.342 e. The van der Waals surface area contributed by atoms with Crippen LogP contribution in [-0.4, -0.2) is 26.4 Å². The van der Waals surface area contributed by atoms with Crippen LogP contribution in [0.1, 0.15) is 41.1 Å². The summed E-state index contributed by atoms with van der Waals surface area (Å²) in [7, 11) is 0. The minimum atomic E-state index is -0.291. The molecule has 126 valence electrons. The van der Waals surface area contributed by atoms with Gasteiger partial charge in [-0.05, 0) is 49.2 Å². The van der Waals surface area contributed by atoms with Gasteiger partial charge < -0.3 is 10.6 Å². The molecule has 0 bridgehead atoms. The van der Waals surface area contributed by atoms with Gasteiger partial charge in [-0.1, -0.05) is 6.07 Å². The van der Waals surface area contributed by atoms with Crippen LogP contribution < -0.4 is 10.6 Å². The maximum absolute atomic E-state index is 12.6. The lowest BCUT2D eigenvalue weighted by Gasteiger charge is -2.18. The number of benzene rings is 1. The SMILES string of the molecule is CC(NC(=O)c1ccc2c(c1)CCC(=O)N2)c1nnc2ccccn12. The first-order valence-corrected chi connectivity index (χ1v) is 8.15. The minimum absolute atomic E-state index is 0.0111. The molecule has 25 heavy (non-hydrogen) atoms. The molecule has 1 aromatic carbocycles. The average molecular weight is 335 g/mol. The molecule has 0 saturated heterocycles. The number of nitrogens with zero attached hydrogens (tertiary/aromatic N) is 3. The maximum atomic E-state index is 12.6. The third-order valence-electron chi connectivity index (χ3n) is 4.34. The molecular formula is C18H17N5O2. The van der Waals surface area contributed by atoms with Gasteiger partial charge in [0, 0.05) is 23.9 Å². The van der Waals surface area contributed by atoms with Crippen molar-refractivity contribution in [3.63, 3.8) is 0 Å². The number of amides is 2. The highest BCUT2D eigenvalue weighted by Crippen LogP contribution is 2.24. The Hall–Kier alpha value is -3.22. The number of carbonyl (C=O) groups excluding carboxylic acids is 2. The van der Waals surface area contributed by atoms with E-state index in [-0.39, 0.29) is 17.9 Å². The molecule has 0 saturated carbocycles. The summed E-state index contributed by atoms with van der Waals surface area (Å²) >= 11 is 0. The monoisotopic (exact) mass is 335 g/mol. The summed E-state index contributed by atoms with van der Waals surface area (Å²) in [4.78, 5) is 24.0. The van der Waals surface area contributed by atoms with Crippen molar-refractivity contribution in [2.45, 2.75) is 25.8 Å². The van der Waals surface area contributed by atoms with Gasteiger partial charge in [0.15, 0.2) is 11.5 Å². The highest BCUT2D eigenvalue weighted by atomic mass is 16.2. The van der Waals surface area contributed by atoms with E-state index < -0.39 is 0 Å². The number of aromatic nitrogens is 3. The third-order valence-corrected chi connectivity index (χ3v) is 4.34. The van der Waals surface area contributed by atoms with E-state index >= 15 is 0 Å². The van der Waals surface area contributed by atoms with Crippen molar-refractivity contribution in [2.24, 2.45) is 0 Å². The summed E-state index contributed by atoms with van der Waals surface area (Å²) in [6, 6.07) is 10.7. The number of rotatable bonds is 3. The lowest BCUT2D eigenvalue weighted by Crippen LogP contribution is -2.28. The van der Waals surface area contributed by atoms with Crippen molar-refractivity contribution >= 4 is 23.1 Å². The van der Waals surface area contributed by atoms with Crippen LogP contribution in [0.3, 0.4) is 0 Å². The Balaban J connectivity index is 1.54. The molecule has 0 fully saturated rings. The first kappa shape index (κ1) is 15.3. The fraction of sp³-hybridized carbons (Fsp3) is 0.222. The number of anilines is 1. The van der Waals surface area contributed by atoms with Crippen LogP contribution in [0, 0.1) is 0 Å². The normalized spacial score (nSPS) is 14.7. The standard InChI is InChI=1S/C18H17N5O2/c1-11(17-22-21-15-4-2-3-9-23(15)17)19-18(25)13-5-7-14-12(10-13)6-8-16(24)20-14/h2-5,7,9-11H,6,8H2,1H3,(H,19,25)(H,20,24). The zero-order chi connectivity index (χ0) is 17.4. The van der Waals surface area contributed by atoms with Gasteiger partial charge in [-0.3, -0.25) is 14.0 Å². The molecule has 2 aromatic heterocycles. The van der Waals surface area contributed by atoms with E-state index in [4.69, 9.17) is 0 Å².